The summed E-state index contributed by atoms with van der Waals surface area (Å²) < 4.78 is 24.6. The molecule has 0 spiro atoms. The molecule has 1 aromatic heterocycles. The molecule has 1 aliphatic rings. The van der Waals surface area contributed by atoms with Gasteiger partial charge in [0.2, 0.25) is 10.0 Å². The molecule has 1 saturated heterocycles. The zero-order chi connectivity index (χ0) is 13.2. The highest BCUT2D eigenvalue weighted by atomic mass is 32.2. The van der Waals surface area contributed by atoms with Crippen molar-refractivity contribution in [2.45, 2.75) is 18.9 Å². The highest BCUT2D eigenvalue weighted by Gasteiger charge is 2.28. The molecule has 2 rings (SSSR count). The lowest BCUT2D eigenvalue weighted by atomic mass is 10.1. The zero-order valence-corrected chi connectivity index (χ0v) is 11.6. The first-order valence-corrected chi connectivity index (χ1v) is 7.92. The number of likely N-dealkylation sites (N-methyl/N-ethyl adjacent to an activating group) is 1. The Labute approximate surface area is 108 Å². The minimum absolute atomic E-state index is 0.0377. The standard InChI is InChI=1S/C12H19N3O2S/c1-14(18(2,16)17)11-6-5-9-15(10-11)12-7-3-4-8-13-12/h3-4,7-8,11H,5-6,9-10H2,1-2H3. The van der Waals surface area contributed by atoms with Crippen LogP contribution in [0.25, 0.3) is 0 Å². The van der Waals surface area contributed by atoms with Gasteiger partial charge in [0, 0.05) is 32.4 Å². The minimum Gasteiger partial charge on any atom is -0.355 e. The van der Waals surface area contributed by atoms with Crippen LogP contribution in [0.4, 0.5) is 5.82 Å². The summed E-state index contributed by atoms with van der Waals surface area (Å²) in [6.07, 6.45) is 4.92. The third-order valence-electron chi connectivity index (χ3n) is 3.41. The summed E-state index contributed by atoms with van der Waals surface area (Å²) in [4.78, 5) is 6.46. The Morgan fingerprint density at radius 2 is 2.22 bits per heavy atom. The van der Waals surface area contributed by atoms with Crippen LogP contribution in [0.3, 0.4) is 0 Å². The molecule has 18 heavy (non-hydrogen) atoms. The van der Waals surface area contributed by atoms with E-state index < -0.39 is 10.0 Å². The van der Waals surface area contributed by atoms with Crippen molar-refractivity contribution in [1.29, 1.82) is 0 Å². The lowest BCUT2D eigenvalue weighted by Crippen LogP contribution is -2.48. The Kier molecular flexibility index (Phi) is 3.87. The van der Waals surface area contributed by atoms with Gasteiger partial charge in [-0.3, -0.25) is 0 Å². The number of nitrogens with zero attached hydrogens (tertiary/aromatic N) is 3. The van der Waals surface area contributed by atoms with Gasteiger partial charge in [-0.05, 0) is 25.0 Å². The number of anilines is 1. The molecule has 0 aromatic carbocycles. The molecule has 0 saturated carbocycles. The SMILES string of the molecule is CN(C1CCCN(c2ccccn2)C1)S(C)(=O)=O. The fraction of sp³-hybridized carbons (Fsp3) is 0.583. The van der Waals surface area contributed by atoms with Gasteiger partial charge in [0.05, 0.1) is 6.26 Å². The van der Waals surface area contributed by atoms with E-state index in [-0.39, 0.29) is 6.04 Å². The van der Waals surface area contributed by atoms with Gasteiger partial charge in [-0.25, -0.2) is 17.7 Å². The molecule has 1 atom stereocenters. The Balaban J connectivity index is 2.10. The van der Waals surface area contributed by atoms with Gasteiger partial charge in [-0.2, -0.15) is 0 Å². The number of hydrogen-bond donors (Lipinski definition) is 0. The Morgan fingerprint density at radius 3 is 2.83 bits per heavy atom. The van der Waals surface area contributed by atoms with E-state index in [1.165, 1.54) is 10.6 Å². The van der Waals surface area contributed by atoms with Crippen LogP contribution in [0.2, 0.25) is 0 Å². The first-order chi connectivity index (χ1) is 8.48. The molecule has 0 N–H and O–H groups in total. The van der Waals surface area contributed by atoms with Gasteiger partial charge in [0.1, 0.15) is 5.82 Å². The summed E-state index contributed by atoms with van der Waals surface area (Å²) in [6.45, 7) is 1.64. The van der Waals surface area contributed by atoms with Crippen molar-refractivity contribution in [3.05, 3.63) is 24.4 Å². The molecule has 5 nitrogen and oxygen atoms in total. The fourth-order valence-electron chi connectivity index (χ4n) is 2.27. The number of hydrogen-bond acceptors (Lipinski definition) is 4. The lowest BCUT2D eigenvalue weighted by Gasteiger charge is -2.37. The quantitative estimate of drug-likeness (QED) is 0.819. The number of rotatable bonds is 3. The van der Waals surface area contributed by atoms with Gasteiger partial charge < -0.3 is 4.90 Å². The van der Waals surface area contributed by atoms with Crippen molar-refractivity contribution in [3.8, 4) is 0 Å². The predicted octanol–water partition coefficient (Wildman–Crippen LogP) is 0.942. The molecule has 0 bridgehead atoms. The summed E-state index contributed by atoms with van der Waals surface area (Å²) in [6, 6.07) is 5.83. The first kappa shape index (κ1) is 13.3. The number of pyridine rings is 1. The largest absolute Gasteiger partial charge is 0.355 e. The molecule has 100 valence electrons. The maximum atomic E-state index is 11.6. The van der Waals surface area contributed by atoms with E-state index in [0.29, 0.717) is 6.54 Å². The molecule has 6 heteroatoms. The molecule has 0 amide bonds. The van der Waals surface area contributed by atoms with Crippen LogP contribution in [-0.2, 0) is 10.0 Å². The van der Waals surface area contributed by atoms with E-state index in [1.54, 1.807) is 13.2 Å². The Bertz CT molecular complexity index is 489. The number of aromatic nitrogens is 1. The highest BCUT2D eigenvalue weighted by Crippen LogP contribution is 2.21. The summed E-state index contributed by atoms with van der Waals surface area (Å²) in [5.41, 5.74) is 0. The van der Waals surface area contributed by atoms with E-state index in [4.69, 9.17) is 0 Å². The van der Waals surface area contributed by atoms with Crippen LogP contribution < -0.4 is 4.90 Å². The van der Waals surface area contributed by atoms with Crippen molar-refractivity contribution in [2.75, 3.05) is 31.3 Å². The summed E-state index contributed by atoms with van der Waals surface area (Å²) in [5, 5.41) is 0. The van der Waals surface area contributed by atoms with Crippen LogP contribution in [0, 0.1) is 0 Å². The molecule has 0 radical (unpaired) electrons. The number of piperidine rings is 1. The van der Waals surface area contributed by atoms with Crippen molar-refractivity contribution >= 4 is 15.8 Å². The van der Waals surface area contributed by atoms with Crippen LogP contribution in [0.1, 0.15) is 12.8 Å². The van der Waals surface area contributed by atoms with E-state index in [2.05, 4.69) is 9.88 Å². The van der Waals surface area contributed by atoms with Crippen LogP contribution in [0.5, 0.6) is 0 Å². The Morgan fingerprint density at radius 1 is 1.44 bits per heavy atom. The smallest absolute Gasteiger partial charge is 0.211 e. The molecule has 2 heterocycles. The second-order valence-corrected chi connectivity index (χ2v) is 6.75. The second kappa shape index (κ2) is 5.24. The molecule has 1 unspecified atom stereocenters. The Hall–Kier alpha value is -1.14. The normalized spacial score (nSPS) is 21.3. The summed E-state index contributed by atoms with van der Waals surface area (Å²) >= 11 is 0. The van der Waals surface area contributed by atoms with Crippen molar-refractivity contribution < 1.29 is 8.42 Å². The first-order valence-electron chi connectivity index (χ1n) is 6.07. The summed E-state index contributed by atoms with van der Waals surface area (Å²) in [7, 11) is -1.47. The molecule has 1 aliphatic heterocycles. The van der Waals surface area contributed by atoms with Crippen LogP contribution in [-0.4, -0.2) is 50.1 Å². The fourth-order valence-corrected chi connectivity index (χ4v) is 2.98. The molecule has 1 fully saturated rings. The topological polar surface area (TPSA) is 53.5 Å². The van der Waals surface area contributed by atoms with Gasteiger partial charge in [-0.15, -0.1) is 0 Å². The minimum atomic E-state index is -3.12. The monoisotopic (exact) mass is 269 g/mol. The third-order valence-corrected chi connectivity index (χ3v) is 4.75. The van der Waals surface area contributed by atoms with E-state index in [9.17, 15) is 8.42 Å². The maximum Gasteiger partial charge on any atom is 0.211 e. The second-order valence-electron chi connectivity index (χ2n) is 4.71. The molecular weight excluding hydrogens is 250 g/mol. The predicted molar refractivity (Wildman–Crippen MR) is 72.1 cm³/mol. The maximum absolute atomic E-state index is 11.6. The van der Waals surface area contributed by atoms with Crippen LogP contribution in [0.15, 0.2) is 24.4 Å². The van der Waals surface area contributed by atoms with Crippen LogP contribution >= 0.6 is 0 Å². The highest BCUT2D eigenvalue weighted by molar-refractivity contribution is 7.88. The van der Waals surface area contributed by atoms with Gasteiger partial charge >= 0.3 is 0 Å². The van der Waals surface area contributed by atoms with E-state index in [0.717, 1.165) is 25.2 Å². The molecule has 1 aromatic rings. The average Bonchev–Trinajstić information content (AvgIpc) is 2.38. The average molecular weight is 269 g/mol. The van der Waals surface area contributed by atoms with Crippen molar-refractivity contribution in [1.82, 2.24) is 9.29 Å². The summed E-state index contributed by atoms with van der Waals surface area (Å²) in [5.74, 6) is 0.920. The van der Waals surface area contributed by atoms with Gasteiger partial charge in [0.15, 0.2) is 0 Å². The van der Waals surface area contributed by atoms with Gasteiger partial charge in [-0.1, -0.05) is 6.07 Å². The molecular formula is C12H19N3O2S. The molecule has 0 aliphatic carbocycles. The van der Waals surface area contributed by atoms with E-state index >= 15 is 0 Å². The number of sulfonamides is 1. The van der Waals surface area contributed by atoms with Gasteiger partial charge in [0.25, 0.3) is 0 Å². The van der Waals surface area contributed by atoms with E-state index in [1.807, 2.05) is 18.2 Å². The van der Waals surface area contributed by atoms with Crippen molar-refractivity contribution in [3.63, 3.8) is 0 Å². The third kappa shape index (κ3) is 3.00. The van der Waals surface area contributed by atoms with Crippen molar-refractivity contribution in [2.24, 2.45) is 0 Å². The lowest BCUT2D eigenvalue weighted by molar-refractivity contribution is 0.321. The zero-order valence-electron chi connectivity index (χ0n) is 10.8.